The lowest BCUT2D eigenvalue weighted by Crippen LogP contribution is -2.30. The zero-order chi connectivity index (χ0) is 18.1. The zero-order valence-corrected chi connectivity index (χ0v) is 14.0. The molecule has 0 saturated heterocycles. The highest BCUT2D eigenvalue weighted by Crippen LogP contribution is 2.18. The summed E-state index contributed by atoms with van der Waals surface area (Å²) in [5.74, 6) is 0.206. The quantitative estimate of drug-likeness (QED) is 0.585. The third kappa shape index (κ3) is 2.71. The number of aromatic nitrogens is 5. The molecule has 8 heteroatoms. The van der Waals surface area contributed by atoms with Gasteiger partial charge in [-0.2, -0.15) is 5.10 Å². The van der Waals surface area contributed by atoms with E-state index in [1.54, 1.807) is 34.9 Å². The molecule has 0 fully saturated rings. The van der Waals surface area contributed by atoms with Crippen molar-refractivity contribution < 1.29 is 4.79 Å². The number of rotatable bonds is 4. The molecule has 0 spiro atoms. The Balaban J connectivity index is 1.68. The smallest absolute Gasteiger partial charge is 0.272 e. The number of aromatic amines is 1. The summed E-state index contributed by atoms with van der Waals surface area (Å²) in [6, 6.07) is 8.41. The molecule has 4 aromatic rings. The Morgan fingerprint density at radius 2 is 2.08 bits per heavy atom. The van der Waals surface area contributed by atoms with E-state index in [9.17, 15) is 9.59 Å². The first kappa shape index (κ1) is 15.9. The first-order valence-corrected chi connectivity index (χ1v) is 8.25. The number of H-pyrrole nitrogens is 1. The highest BCUT2D eigenvalue weighted by atomic mass is 16.2. The van der Waals surface area contributed by atoms with Crippen LogP contribution in [0.4, 0.5) is 0 Å². The van der Waals surface area contributed by atoms with Crippen molar-refractivity contribution in [2.75, 3.05) is 0 Å². The second-order valence-corrected chi connectivity index (χ2v) is 5.87. The van der Waals surface area contributed by atoms with Crippen LogP contribution in [0, 0.1) is 0 Å². The molecule has 130 valence electrons. The van der Waals surface area contributed by atoms with Gasteiger partial charge in [-0.1, -0.05) is 25.1 Å². The summed E-state index contributed by atoms with van der Waals surface area (Å²) in [7, 11) is 0. The van der Waals surface area contributed by atoms with Crippen LogP contribution in [0.1, 0.15) is 35.6 Å². The number of nitrogens with zero attached hydrogens (tertiary/aromatic N) is 4. The van der Waals surface area contributed by atoms with E-state index in [4.69, 9.17) is 0 Å². The molecule has 0 aliphatic carbocycles. The van der Waals surface area contributed by atoms with Gasteiger partial charge in [-0.25, -0.2) is 15.1 Å². The maximum absolute atomic E-state index is 12.8. The molecule has 2 N–H and O–H groups in total. The first-order chi connectivity index (χ1) is 12.7. The summed E-state index contributed by atoms with van der Waals surface area (Å²) in [5.41, 5.74) is 0.574. The Kier molecular flexibility index (Phi) is 3.92. The lowest BCUT2D eigenvalue weighted by Gasteiger charge is -2.14. The van der Waals surface area contributed by atoms with Crippen molar-refractivity contribution in [2.24, 2.45) is 0 Å². The van der Waals surface area contributed by atoms with Crippen LogP contribution >= 0.6 is 0 Å². The van der Waals surface area contributed by atoms with E-state index in [1.807, 2.05) is 25.4 Å². The van der Waals surface area contributed by atoms with Gasteiger partial charge in [0.1, 0.15) is 0 Å². The van der Waals surface area contributed by atoms with E-state index < -0.39 is 0 Å². The van der Waals surface area contributed by atoms with Crippen molar-refractivity contribution in [1.82, 2.24) is 29.9 Å². The maximum Gasteiger partial charge on any atom is 0.272 e. The SMILES string of the molecule is CCC(NC(=O)c1n[nH]c(=O)c2ccccc12)c1cn2cccnc2n1. The minimum Gasteiger partial charge on any atom is -0.342 e. The Labute approximate surface area is 147 Å². The standard InChI is InChI=1S/C18H16N6O2/c1-2-13(14-10-24-9-5-8-19-18(24)21-14)20-17(26)15-11-6-3-4-7-12(11)16(25)23-22-15/h3-10,13H,2H2,1H3,(H,20,26)(H,23,25). The van der Waals surface area contributed by atoms with Gasteiger partial charge in [0, 0.05) is 24.0 Å². The monoisotopic (exact) mass is 348 g/mol. The summed E-state index contributed by atoms with van der Waals surface area (Å²) in [6.45, 7) is 1.96. The van der Waals surface area contributed by atoms with Crippen LogP contribution in [0.2, 0.25) is 0 Å². The largest absolute Gasteiger partial charge is 0.342 e. The van der Waals surface area contributed by atoms with E-state index in [2.05, 4.69) is 25.5 Å². The Hall–Kier alpha value is -3.55. The number of hydrogen-bond donors (Lipinski definition) is 2. The minimum atomic E-state index is -0.366. The number of imidazole rings is 1. The van der Waals surface area contributed by atoms with Gasteiger partial charge in [0.05, 0.1) is 17.1 Å². The molecule has 0 bridgehead atoms. The molecule has 3 heterocycles. The number of fused-ring (bicyclic) bond motifs is 2. The minimum absolute atomic E-state index is 0.181. The highest BCUT2D eigenvalue weighted by Gasteiger charge is 2.20. The van der Waals surface area contributed by atoms with Crippen molar-refractivity contribution in [3.63, 3.8) is 0 Å². The van der Waals surface area contributed by atoms with E-state index in [1.165, 1.54) is 0 Å². The van der Waals surface area contributed by atoms with Gasteiger partial charge in [-0.3, -0.25) is 14.0 Å². The van der Waals surface area contributed by atoms with Crippen molar-refractivity contribution >= 4 is 22.5 Å². The molecule has 26 heavy (non-hydrogen) atoms. The molecule has 4 rings (SSSR count). The molecular formula is C18H16N6O2. The van der Waals surface area contributed by atoms with Gasteiger partial charge in [0.15, 0.2) is 5.69 Å². The molecule has 0 aliphatic heterocycles. The van der Waals surface area contributed by atoms with Crippen LogP contribution in [0.25, 0.3) is 16.6 Å². The third-order valence-electron chi connectivity index (χ3n) is 4.24. The van der Waals surface area contributed by atoms with Gasteiger partial charge in [-0.05, 0) is 18.6 Å². The zero-order valence-electron chi connectivity index (χ0n) is 14.0. The van der Waals surface area contributed by atoms with Crippen LogP contribution in [-0.4, -0.2) is 30.5 Å². The van der Waals surface area contributed by atoms with Crippen molar-refractivity contribution in [3.05, 3.63) is 70.7 Å². The Morgan fingerprint density at radius 1 is 1.27 bits per heavy atom. The number of amides is 1. The lowest BCUT2D eigenvalue weighted by molar-refractivity contribution is 0.0930. The normalized spacial score (nSPS) is 12.3. The highest BCUT2D eigenvalue weighted by molar-refractivity contribution is 6.04. The van der Waals surface area contributed by atoms with E-state index >= 15 is 0 Å². The van der Waals surface area contributed by atoms with Gasteiger partial charge >= 0.3 is 0 Å². The predicted molar refractivity (Wildman–Crippen MR) is 95.8 cm³/mol. The fourth-order valence-electron chi connectivity index (χ4n) is 2.92. The average Bonchev–Trinajstić information content (AvgIpc) is 3.10. The topological polar surface area (TPSA) is 105 Å². The molecule has 1 amide bonds. The third-order valence-corrected chi connectivity index (χ3v) is 4.24. The van der Waals surface area contributed by atoms with Gasteiger partial charge in [0.25, 0.3) is 11.5 Å². The van der Waals surface area contributed by atoms with Crippen LogP contribution < -0.4 is 10.9 Å². The van der Waals surface area contributed by atoms with Crippen molar-refractivity contribution in [1.29, 1.82) is 0 Å². The molecule has 1 aromatic carbocycles. The van der Waals surface area contributed by atoms with Crippen LogP contribution in [0.3, 0.4) is 0 Å². The van der Waals surface area contributed by atoms with E-state index in [0.717, 1.165) is 0 Å². The fraction of sp³-hybridized carbons (Fsp3) is 0.167. The lowest BCUT2D eigenvalue weighted by atomic mass is 10.1. The number of carbonyl (C=O) groups is 1. The summed E-state index contributed by atoms with van der Waals surface area (Å²) >= 11 is 0. The molecular weight excluding hydrogens is 332 g/mol. The average molecular weight is 348 g/mol. The molecule has 0 saturated carbocycles. The number of nitrogens with one attached hydrogen (secondary N) is 2. The Morgan fingerprint density at radius 3 is 2.85 bits per heavy atom. The second-order valence-electron chi connectivity index (χ2n) is 5.87. The summed E-state index contributed by atoms with van der Waals surface area (Å²) in [6.07, 6.45) is 6.01. The second kappa shape index (κ2) is 6.40. The van der Waals surface area contributed by atoms with Gasteiger partial charge in [0.2, 0.25) is 5.78 Å². The summed E-state index contributed by atoms with van der Waals surface area (Å²) < 4.78 is 1.80. The predicted octanol–water partition coefficient (Wildman–Crippen LogP) is 1.85. The summed E-state index contributed by atoms with van der Waals surface area (Å²) in [4.78, 5) is 33.3. The fourth-order valence-corrected chi connectivity index (χ4v) is 2.92. The molecule has 0 aliphatic rings. The number of benzene rings is 1. The van der Waals surface area contributed by atoms with Gasteiger partial charge < -0.3 is 5.32 Å². The molecule has 8 nitrogen and oxygen atoms in total. The van der Waals surface area contributed by atoms with Gasteiger partial charge in [-0.15, -0.1) is 0 Å². The van der Waals surface area contributed by atoms with E-state index in [0.29, 0.717) is 28.7 Å². The molecule has 1 unspecified atom stereocenters. The first-order valence-electron chi connectivity index (χ1n) is 8.25. The maximum atomic E-state index is 12.8. The Bertz CT molecular complexity index is 1130. The summed E-state index contributed by atoms with van der Waals surface area (Å²) in [5, 5.41) is 10.2. The van der Waals surface area contributed by atoms with Crippen molar-refractivity contribution in [2.45, 2.75) is 19.4 Å². The van der Waals surface area contributed by atoms with Crippen LogP contribution in [0.5, 0.6) is 0 Å². The number of hydrogen-bond acceptors (Lipinski definition) is 5. The molecule has 0 radical (unpaired) electrons. The molecule has 3 aromatic heterocycles. The van der Waals surface area contributed by atoms with E-state index in [-0.39, 0.29) is 23.2 Å². The van der Waals surface area contributed by atoms with Crippen LogP contribution in [-0.2, 0) is 0 Å². The number of carbonyl (C=O) groups excluding carboxylic acids is 1. The van der Waals surface area contributed by atoms with Crippen LogP contribution in [0.15, 0.2) is 53.7 Å². The molecule has 1 atom stereocenters. The van der Waals surface area contributed by atoms with Crippen molar-refractivity contribution in [3.8, 4) is 0 Å².